The van der Waals surface area contributed by atoms with E-state index in [1.54, 1.807) is 6.33 Å². The summed E-state index contributed by atoms with van der Waals surface area (Å²) in [6.45, 7) is 3.66. The maximum Gasteiger partial charge on any atom is 0.136 e. The van der Waals surface area contributed by atoms with Crippen molar-refractivity contribution in [3.8, 4) is 0 Å². The van der Waals surface area contributed by atoms with Gasteiger partial charge in [0.05, 0.1) is 18.4 Å². The molecule has 0 spiro atoms. The van der Waals surface area contributed by atoms with Crippen molar-refractivity contribution in [2.75, 3.05) is 23.8 Å². The summed E-state index contributed by atoms with van der Waals surface area (Å²) in [6.07, 6.45) is 5.47. The van der Waals surface area contributed by atoms with Gasteiger partial charge in [-0.05, 0) is 19.1 Å². The third kappa shape index (κ3) is 2.79. The molecule has 3 aromatic rings. The second-order valence-corrected chi connectivity index (χ2v) is 4.81. The van der Waals surface area contributed by atoms with Crippen molar-refractivity contribution in [1.29, 1.82) is 0 Å². The van der Waals surface area contributed by atoms with Crippen molar-refractivity contribution < 1.29 is 0 Å². The molecular formula is C15H18N6. The number of pyridine rings is 1. The quantitative estimate of drug-likeness (QED) is 0.777. The van der Waals surface area contributed by atoms with Crippen LogP contribution in [0.25, 0.3) is 5.65 Å². The average Bonchev–Trinajstić information content (AvgIpc) is 2.95. The first-order valence-electron chi connectivity index (χ1n) is 6.96. The van der Waals surface area contributed by atoms with Gasteiger partial charge in [0.2, 0.25) is 0 Å². The molecule has 0 aliphatic rings. The zero-order valence-electron chi connectivity index (χ0n) is 12.2. The van der Waals surface area contributed by atoms with E-state index in [-0.39, 0.29) is 0 Å². The minimum absolute atomic E-state index is 0.664. The highest BCUT2D eigenvalue weighted by atomic mass is 15.2. The molecule has 0 saturated heterocycles. The van der Waals surface area contributed by atoms with Gasteiger partial charge in [0, 0.05) is 25.9 Å². The number of nitrogens with zero attached hydrogens (tertiary/aromatic N) is 5. The number of anilines is 2. The summed E-state index contributed by atoms with van der Waals surface area (Å²) in [7, 11) is 2.01. The Balaban J connectivity index is 1.76. The monoisotopic (exact) mass is 282 g/mol. The molecule has 0 aromatic carbocycles. The summed E-state index contributed by atoms with van der Waals surface area (Å²) in [5, 5.41) is 3.32. The van der Waals surface area contributed by atoms with Crippen molar-refractivity contribution >= 4 is 17.3 Å². The fourth-order valence-corrected chi connectivity index (χ4v) is 2.11. The van der Waals surface area contributed by atoms with Gasteiger partial charge >= 0.3 is 0 Å². The first-order chi connectivity index (χ1) is 10.3. The number of nitrogens with one attached hydrogen (secondary N) is 1. The van der Waals surface area contributed by atoms with Crippen LogP contribution >= 0.6 is 0 Å². The largest absolute Gasteiger partial charge is 0.364 e. The van der Waals surface area contributed by atoms with Crippen LogP contribution in [0.1, 0.15) is 12.6 Å². The fourth-order valence-electron chi connectivity index (χ4n) is 2.11. The smallest absolute Gasteiger partial charge is 0.136 e. The fraction of sp³-hybridized carbons (Fsp3) is 0.267. The van der Waals surface area contributed by atoms with E-state index in [2.05, 4.69) is 36.5 Å². The normalized spacial score (nSPS) is 10.8. The van der Waals surface area contributed by atoms with E-state index in [4.69, 9.17) is 0 Å². The third-order valence-electron chi connectivity index (χ3n) is 3.46. The zero-order chi connectivity index (χ0) is 14.7. The van der Waals surface area contributed by atoms with Crippen LogP contribution in [0.3, 0.4) is 0 Å². The van der Waals surface area contributed by atoms with Crippen molar-refractivity contribution in [2.45, 2.75) is 13.5 Å². The molecule has 108 valence electrons. The van der Waals surface area contributed by atoms with Crippen LogP contribution in [-0.2, 0) is 6.54 Å². The van der Waals surface area contributed by atoms with E-state index in [1.165, 1.54) is 0 Å². The van der Waals surface area contributed by atoms with Gasteiger partial charge in [-0.2, -0.15) is 0 Å². The van der Waals surface area contributed by atoms with Gasteiger partial charge < -0.3 is 14.6 Å². The maximum atomic E-state index is 4.37. The highest BCUT2D eigenvalue weighted by Gasteiger charge is 2.05. The van der Waals surface area contributed by atoms with Gasteiger partial charge in [-0.15, -0.1) is 0 Å². The molecule has 3 heterocycles. The molecule has 0 aliphatic carbocycles. The van der Waals surface area contributed by atoms with Gasteiger partial charge in [-0.25, -0.2) is 15.0 Å². The Hall–Kier alpha value is -2.63. The Morgan fingerprint density at radius 1 is 1.24 bits per heavy atom. The Morgan fingerprint density at radius 3 is 3.00 bits per heavy atom. The van der Waals surface area contributed by atoms with Crippen LogP contribution in [0.4, 0.5) is 11.6 Å². The minimum Gasteiger partial charge on any atom is -0.364 e. The van der Waals surface area contributed by atoms with Crippen LogP contribution in [-0.4, -0.2) is 32.9 Å². The molecule has 3 aromatic heterocycles. The molecule has 0 unspecified atom stereocenters. The first kappa shape index (κ1) is 13.4. The summed E-state index contributed by atoms with van der Waals surface area (Å²) in [5.41, 5.74) is 2.04. The lowest BCUT2D eigenvalue weighted by molar-refractivity contribution is 0.924. The van der Waals surface area contributed by atoms with Crippen LogP contribution in [0.15, 0.2) is 43.0 Å². The number of imidazole rings is 1. The van der Waals surface area contributed by atoms with Crippen LogP contribution < -0.4 is 10.2 Å². The number of rotatable bonds is 5. The molecule has 6 nitrogen and oxygen atoms in total. The van der Waals surface area contributed by atoms with Crippen molar-refractivity contribution in [3.05, 3.63) is 48.7 Å². The van der Waals surface area contributed by atoms with Gasteiger partial charge in [0.1, 0.15) is 23.6 Å². The molecule has 0 saturated carbocycles. The summed E-state index contributed by atoms with van der Waals surface area (Å²) in [6, 6.07) is 7.92. The zero-order valence-corrected chi connectivity index (χ0v) is 12.2. The molecule has 0 atom stereocenters. The molecule has 0 amide bonds. The molecule has 6 heteroatoms. The number of hydrogen-bond acceptors (Lipinski definition) is 5. The van der Waals surface area contributed by atoms with E-state index in [9.17, 15) is 0 Å². The second-order valence-electron chi connectivity index (χ2n) is 4.81. The predicted molar refractivity (Wildman–Crippen MR) is 83.5 cm³/mol. The standard InChI is InChI=1S/C15H18N6/c1-3-20(2)15-8-13(18-11-19-15)16-9-12-10-17-14-6-4-5-7-21(12)14/h4-8,10-11H,3,9H2,1-2H3,(H,16,18,19). The van der Waals surface area contributed by atoms with Gasteiger partial charge in [-0.1, -0.05) is 6.07 Å². The van der Waals surface area contributed by atoms with Crippen molar-refractivity contribution in [2.24, 2.45) is 0 Å². The van der Waals surface area contributed by atoms with E-state index in [0.717, 1.165) is 29.5 Å². The summed E-state index contributed by atoms with van der Waals surface area (Å²) < 4.78 is 2.06. The van der Waals surface area contributed by atoms with E-state index < -0.39 is 0 Å². The highest BCUT2D eigenvalue weighted by molar-refractivity contribution is 5.48. The average molecular weight is 282 g/mol. The van der Waals surface area contributed by atoms with Crippen LogP contribution in [0.2, 0.25) is 0 Å². The lowest BCUT2D eigenvalue weighted by Crippen LogP contribution is -2.17. The molecule has 0 bridgehead atoms. The van der Waals surface area contributed by atoms with Crippen molar-refractivity contribution in [1.82, 2.24) is 19.4 Å². The topological polar surface area (TPSA) is 58.4 Å². The summed E-state index contributed by atoms with van der Waals surface area (Å²) >= 11 is 0. The van der Waals surface area contributed by atoms with E-state index in [0.29, 0.717) is 6.54 Å². The molecule has 0 radical (unpaired) electrons. The molecule has 3 rings (SSSR count). The van der Waals surface area contributed by atoms with Crippen LogP contribution in [0.5, 0.6) is 0 Å². The van der Waals surface area contributed by atoms with Gasteiger partial charge in [-0.3, -0.25) is 0 Å². The highest BCUT2D eigenvalue weighted by Crippen LogP contribution is 2.14. The molecule has 0 aliphatic heterocycles. The Kier molecular flexibility index (Phi) is 3.68. The van der Waals surface area contributed by atoms with Crippen molar-refractivity contribution in [3.63, 3.8) is 0 Å². The summed E-state index contributed by atoms with van der Waals surface area (Å²) in [5.74, 6) is 1.72. The Labute approximate surface area is 123 Å². The minimum atomic E-state index is 0.664. The Bertz CT molecular complexity index is 736. The molecule has 0 fully saturated rings. The first-order valence-corrected chi connectivity index (χ1v) is 6.96. The maximum absolute atomic E-state index is 4.37. The lowest BCUT2D eigenvalue weighted by atomic mass is 10.4. The van der Waals surface area contributed by atoms with Crippen LogP contribution in [0, 0.1) is 0 Å². The number of fused-ring (bicyclic) bond motifs is 1. The summed E-state index contributed by atoms with van der Waals surface area (Å²) in [4.78, 5) is 15.0. The van der Waals surface area contributed by atoms with Gasteiger partial charge in [0.15, 0.2) is 0 Å². The number of hydrogen-bond donors (Lipinski definition) is 1. The number of aromatic nitrogens is 4. The van der Waals surface area contributed by atoms with E-state index >= 15 is 0 Å². The molecular weight excluding hydrogens is 264 g/mol. The SMILES string of the molecule is CCN(C)c1cc(NCc2cnc3ccccn23)ncn1. The predicted octanol–water partition coefficient (Wildman–Crippen LogP) is 2.19. The van der Waals surface area contributed by atoms with Gasteiger partial charge in [0.25, 0.3) is 0 Å². The molecule has 21 heavy (non-hydrogen) atoms. The van der Waals surface area contributed by atoms with E-state index in [1.807, 2.05) is 43.7 Å². The lowest BCUT2D eigenvalue weighted by Gasteiger charge is -2.15. The second kappa shape index (κ2) is 5.78. The Morgan fingerprint density at radius 2 is 2.14 bits per heavy atom. The third-order valence-corrected chi connectivity index (χ3v) is 3.46. The molecule has 1 N–H and O–H groups in total.